The van der Waals surface area contributed by atoms with Crippen molar-refractivity contribution < 1.29 is 4.52 Å². The van der Waals surface area contributed by atoms with E-state index in [2.05, 4.69) is 49.8 Å². The van der Waals surface area contributed by atoms with Crippen LogP contribution in [0.4, 0.5) is 0 Å². The Labute approximate surface area is 116 Å². The lowest BCUT2D eigenvalue weighted by atomic mass is 10.0. The van der Waals surface area contributed by atoms with Crippen molar-refractivity contribution in [2.24, 2.45) is 17.6 Å². The summed E-state index contributed by atoms with van der Waals surface area (Å²) in [6, 6.07) is 0.252. The molecule has 0 fully saturated rings. The van der Waals surface area contributed by atoms with Gasteiger partial charge in [0.1, 0.15) is 0 Å². The van der Waals surface area contributed by atoms with Crippen molar-refractivity contribution in [3.8, 4) is 0 Å². The van der Waals surface area contributed by atoms with Crippen LogP contribution >= 0.6 is 0 Å². The predicted molar refractivity (Wildman–Crippen MR) is 76.6 cm³/mol. The fourth-order valence-corrected chi connectivity index (χ4v) is 1.82. The minimum Gasteiger partial charge on any atom is -0.338 e. The van der Waals surface area contributed by atoms with E-state index in [4.69, 9.17) is 10.3 Å². The van der Waals surface area contributed by atoms with Gasteiger partial charge in [-0.1, -0.05) is 32.9 Å². The summed E-state index contributed by atoms with van der Waals surface area (Å²) in [6.07, 6.45) is 1.85. The van der Waals surface area contributed by atoms with Crippen molar-refractivity contribution >= 4 is 0 Å². The molecular formula is C14H28N4O. The Hall–Kier alpha value is -0.940. The monoisotopic (exact) mass is 268 g/mol. The molecule has 1 unspecified atom stereocenters. The second-order valence-corrected chi connectivity index (χ2v) is 6.14. The minimum absolute atomic E-state index is 0.252. The zero-order chi connectivity index (χ0) is 14.4. The lowest BCUT2D eigenvalue weighted by Crippen LogP contribution is -2.31. The van der Waals surface area contributed by atoms with E-state index in [1.807, 2.05) is 0 Å². The van der Waals surface area contributed by atoms with Gasteiger partial charge in [0.15, 0.2) is 5.82 Å². The molecule has 110 valence electrons. The Morgan fingerprint density at radius 3 is 2.53 bits per heavy atom. The van der Waals surface area contributed by atoms with Crippen LogP contribution in [0.25, 0.3) is 0 Å². The largest absolute Gasteiger partial charge is 0.338 e. The van der Waals surface area contributed by atoms with E-state index < -0.39 is 0 Å². The second kappa shape index (κ2) is 7.60. The molecule has 0 amide bonds. The first-order valence-electron chi connectivity index (χ1n) is 7.14. The van der Waals surface area contributed by atoms with E-state index in [1.165, 1.54) is 0 Å². The van der Waals surface area contributed by atoms with Crippen LogP contribution in [-0.4, -0.2) is 34.7 Å². The van der Waals surface area contributed by atoms with Crippen LogP contribution in [0.5, 0.6) is 0 Å². The van der Waals surface area contributed by atoms with Gasteiger partial charge in [-0.25, -0.2) is 0 Å². The molecule has 0 saturated heterocycles. The van der Waals surface area contributed by atoms with Gasteiger partial charge in [-0.05, 0) is 31.8 Å². The third-order valence-electron chi connectivity index (χ3n) is 3.21. The average Bonchev–Trinajstić information content (AvgIpc) is 2.72. The summed E-state index contributed by atoms with van der Waals surface area (Å²) in [5.41, 5.74) is 6.04. The standard InChI is InChI=1S/C14H28N4O/c1-10(2)8-13-16-14(19-17-13)9-18(5)7-6-12(15)11(3)4/h10-12H,6-9,15H2,1-5H3. The molecule has 1 aromatic heterocycles. The average molecular weight is 268 g/mol. The summed E-state index contributed by atoms with van der Waals surface area (Å²) < 4.78 is 5.26. The summed E-state index contributed by atoms with van der Waals surface area (Å²) >= 11 is 0. The third-order valence-corrected chi connectivity index (χ3v) is 3.21. The number of nitrogens with zero attached hydrogens (tertiary/aromatic N) is 3. The van der Waals surface area contributed by atoms with E-state index in [9.17, 15) is 0 Å². The quantitative estimate of drug-likeness (QED) is 0.781. The number of hydrogen-bond donors (Lipinski definition) is 1. The molecule has 0 radical (unpaired) electrons. The molecule has 1 atom stereocenters. The highest BCUT2D eigenvalue weighted by Crippen LogP contribution is 2.08. The smallest absolute Gasteiger partial charge is 0.240 e. The van der Waals surface area contributed by atoms with Crippen molar-refractivity contribution in [2.45, 2.75) is 53.1 Å². The second-order valence-electron chi connectivity index (χ2n) is 6.14. The highest BCUT2D eigenvalue weighted by Gasteiger charge is 2.12. The normalized spacial score (nSPS) is 13.7. The highest BCUT2D eigenvalue weighted by molar-refractivity contribution is 4.87. The van der Waals surface area contributed by atoms with E-state index in [-0.39, 0.29) is 6.04 Å². The van der Waals surface area contributed by atoms with Crippen LogP contribution in [0.3, 0.4) is 0 Å². The van der Waals surface area contributed by atoms with E-state index in [1.54, 1.807) is 0 Å². The van der Waals surface area contributed by atoms with E-state index in [0.29, 0.717) is 24.3 Å². The Balaban J connectivity index is 2.35. The van der Waals surface area contributed by atoms with Crippen LogP contribution < -0.4 is 5.73 Å². The summed E-state index contributed by atoms with van der Waals surface area (Å²) in [4.78, 5) is 6.58. The maximum absolute atomic E-state index is 6.04. The van der Waals surface area contributed by atoms with Gasteiger partial charge >= 0.3 is 0 Å². The van der Waals surface area contributed by atoms with Crippen molar-refractivity contribution in [1.82, 2.24) is 15.0 Å². The number of aromatic nitrogens is 2. The van der Waals surface area contributed by atoms with Crippen molar-refractivity contribution in [3.05, 3.63) is 11.7 Å². The molecule has 0 aliphatic carbocycles. The van der Waals surface area contributed by atoms with Crippen LogP contribution in [0.1, 0.15) is 45.8 Å². The third kappa shape index (κ3) is 6.16. The Morgan fingerprint density at radius 1 is 1.26 bits per heavy atom. The molecule has 0 saturated carbocycles. The van der Waals surface area contributed by atoms with Gasteiger partial charge in [-0.2, -0.15) is 4.98 Å². The molecule has 2 N–H and O–H groups in total. The fourth-order valence-electron chi connectivity index (χ4n) is 1.82. The Bertz CT molecular complexity index is 362. The van der Waals surface area contributed by atoms with E-state index in [0.717, 1.165) is 25.2 Å². The molecule has 0 aliphatic heterocycles. The first-order chi connectivity index (χ1) is 8.88. The molecule has 1 heterocycles. The molecule has 5 heteroatoms. The first-order valence-corrected chi connectivity index (χ1v) is 7.14. The highest BCUT2D eigenvalue weighted by atomic mass is 16.5. The lowest BCUT2D eigenvalue weighted by molar-refractivity contribution is 0.252. The zero-order valence-electron chi connectivity index (χ0n) is 12.9. The first kappa shape index (κ1) is 16.1. The van der Waals surface area contributed by atoms with Crippen molar-refractivity contribution in [1.29, 1.82) is 0 Å². The minimum atomic E-state index is 0.252. The molecule has 0 spiro atoms. The number of nitrogens with two attached hydrogens (primary N) is 1. The van der Waals surface area contributed by atoms with Gasteiger partial charge in [0, 0.05) is 12.5 Å². The van der Waals surface area contributed by atoms with Gasteiger partial charge in [-0.15, -0.1) is 0 Å². The van der Waals surface area contributed by atoms with Gasteiger partial charge in [0.05, 0.1) is 6.54 Å². The Morgan fingerprint density at radius 2 is 1.95 bits per heavy atom. The van der Waals surface area contributed by atoms with Crippen LogP contribution in [0.2, 0.25) is 0 Å². The van der Waals surface area contributed by atoms with E-state index >= 15 is 0 Å². The van der Waals surface area contributed by atoms with Crippen LogP contribution in [-0.2, 0) is 13.0 Å². The Kier molecular flexibility index (Phi) is 6.45. The maximum atomic E-state index is 6.04. The molecular weight excluding hydrogens is 240 g/mol. The predicted octanol–water partition coefficient (Wildman–Crippen LogP) is 2.07. The summed E-state index contributed by atoms with van der Waals surface area (Å²) in [7, 11) is 2.05. The van der Waals surface area contributed by atoms with Gasteiger partial charge in [-0.3, -0.25) is 4.90 Å². The summed E-state index contributed by atoms with van der Waals surface area (Å²) in [6.45, 7) is 10.2. The van der Waals surface area contributed by atoms with Gasteiger partial charge in [0.25, 0.3) is 0 Å². The molecule has 1 rings (SSSR count). The summed E-state index contributed by atoms with van der Waals surface area (Å²) in [5.74, 6) is 2.57. The number of hydrogen-bond acceptors (Lipinski definition) is 5. The molecule has 1 aromatic rings. The molecule has 0 aromatic carbocycles. The molecule has 19 heavy (non-hydrogen) atoms. The van der Waals surface area contributed by atoms with Crippen molar-refractivity contribution in [2.75, 3.05) is 13.6 Å². The SMILES string of the molecule is CC(C)Cc1noc(CN(C)CCC(N)C(C)C)n1. The van der Waals surface area contributed by atoms with Crippen molar-refractivity contribution in [3.63, 3.8) is 0 Å². The lowest BCUT2D eigenvalue weighted by Gasteiger charge is -2.19. The van der Waals surface area contributed by atoms with Gasteiger partial charge < -0.3 is 10.3 Å². The summed E-state index contributed by atoms with van der Waals surface area (Å²) in [5, 5.41) is 4.00. The van der Waals surface area contributed by atoms with Crippen LogP contribution in [0.15, 0.2) is 4.52 Å². The molecule has 0 bridgehead atoms. The zero-order valence-corrected chi connectivity index (χ0v) is 12.9. The van der Waals surface area contributed by atoms with Crippen LogP contribution in [0, 0.1) is 11.8 Å². The fraction of sp³-hybridized carbons (Fsp3) is 0.857. The topological polar surface area (TPSA) is 68.2 Å². The molecule has 5 nitrogen and oxygen atoms in total. The maximum Gasteiger partial charge on any atom is 0.240 e. The number of rotatable bonds is 8. The van der Waals surface area contributed by atoms with Gasteiger partial charge in [0.2, 0.25) is 5.89 Å². The molecule has 0 aliphatic rings.